The van der Waals surface area contributed by atoms with Crippen molar-refractivity contribution in [3.05, 3.63) is 31.4 Å². The fourth-order valence-electron chi connectivity index (χ4n) is 1.01. The van der Waals surface area contributed by atoms with Crippen LogP contribution in [0, 0.1) is 13.7 Å². The minimum atomic E-state index is -0.568. The molecule has 5 nitrogen and oxygen atoms in total. The van der Waals surface area contributed by atoms with E-state index in [2.05, 4.69) is 0 Å². The van der Waals surface area contributed by atoms with Gasteiger partial charge in [0.05, 0.1) is 8.49 Å². The molecule has 0 atom stereocenters. The Kier molecular flexibility index (Phi) is 3.04. The van der Waals surface area contributed by atoms with Crippen LogP contribution in [0.25, 0.3) is 0 Å². The molecule has 0 unspecified atom stereocenters. The molecule has 1 aromatic carbocycles. The number of Topliss-reactive ketones (excluding diaryl/α,β-unsaturated/α-hetero) is 1. The van der Waals surface area contributed by atoms with Gasteiger partial charge >= 0.3 is 0 Å². The SMILES string of the molecule is CC(=O)c1ccc([N+](=O)[O-])c(N)c1I. The molecule has 0 aromatic heterocycles. The summed E-state index contributed by atoms with van der Waals surface area (Å²) in [5, 5.41) is 10.5. The van der Waals surface area contributed by atoms with E-state index in [0.717, 1.165) is 0 Å². The molecular weight excluding hydrogens is 299 g/mol. The molecule has 0 saturated carbocycles. The first-order valence-electron chi connectivity index (χ1n) is 3.68. The summed E-state index contributed by atoms with van der Waals surface area (Å²) in [5.41, 5.74) is 5.81. The number of hydrogen-bond acceptors (Lipinski definition) is 4. The molecule has 0 fully saturated rings. The molecule has 0 aliphatic rings. The number of nitrogen functional groups attached to an aromatic ring is 1. The van der Waals surface area contributed by atoms with E-state index in [0.29, 0.717) is 9.13 Å². The molecule has 0 aliphatic heterocycles. The summed E-state index contributed by atoms with van der Waals surface area (Å²) in [5.74, 6) is -0.156. The summed E-state index contributed by atoms with van der Waals surface area (Å²) in [6.45, 7) is 1.39. The van der Waals surface area contributed by atoms with E-state index in [4.69, 9.17) is 5.73 Å². The second kappa shape index (κ2) is 3.91. The Hall–Kier alpha value is -1.18. The number of nitro benzene ring substituents is 1. The van der Waals surface area contributed by atoms with Gasteiger partial charge in [-0.2, -0.15) is 0 Å². The topological polar surface area (TPSA) is 86.2 Å². The maximum Gasteiger partial charge on any atom is 0.293 e. The molecule has 1 aromatic rings. The third-order valence-electron chi connectivity index (χ3n) is 1.73. The van der Waals surface area contributed by atoms with Crippen LogP contribution in [0.3, 0.4) is 0 Å². The van der Waals surface area contributed by atoms with Gasteiger partial charge in [0, 0.05) is 11.6 Å². The van der Waals surface area contributed by atoms with Gasteiger partial charge in [-0.1, -0.05) is 0 Å². The quantitative estimate of drug-likeness (QED) is 0.298. The molecule has 0 radical (unpaired) electrons. The first kappa shape index (κ1) is 10.9. The molecule has 0 spiro atoms. The van der Waals surface area contributed by atoms with Crippen LogP contribution < -0.4 is 5.73 Å². The molecule has 0 aliphatic carbocycles. The van der Waals surface area contributed by atoms with Gasteiger partial charge in [-0.15, -0.1) is 0 Å². The van der Waals surface area contributed by atoms with Gasteiger partial charge in [-0.3, -0.25) is 14.9 Å². The lowest BCUT2D eigenvalue weighted by molar-refractivity contribution is -0.384. The largest absolute Gasteiger partial charge is 0.392 e. The van der Waals surface area contributed by atoms with E-state index >= 15 is 0 Å². The third-order valence-corrected chi connectivity index (χ3v) is 2.89. The number of benzene rings is 1. The van der Waals surface area contributed by atoms with Crippen molar-refractivity contribution in [3.63, 3.8) is 0 Å². The van der Waals surface area contributed by atoms with Crippen LogP contribution in [0.1, 0.15) is 17.3 Å². The van der Waals surface area contributed by atoms with E-state index in [1.54, 1.807) is 0 Å². The number of anilines is 1. The number of nitro groups is 1. The van der Waals surface area contributed by atoms with Crippen molar-refractivity contribution in [2.45, 2.75) is 6.92 Å². The van der Waals surface area contributed by atoms with Gasteiger partial charge in [0.1, 0.15) is 5.69 Å². The van der Waals surface area contributed by atoms with E-state index in [9.17, 15) is 14.9 Å². The fourth-order valence-corrected chi connectivity index (χ4v) is 1.85. The van der Waals surface area contributed by atoms with Crippen molar-refractivity contribution in [2.24, 2.45) is 0 Å². The van der Waals surface area contributed by atoms with Gasteiger partial charge < -0.3 is 5.73 Å². The summed E-state index contributed by atoms with van der Waals surface area (Å²) in [6.07, 6.45) is 0. The van der Waals surface area contributed by atoms with E-state index in [1.807, 2.05) is 22.6 Å². The number of halogens is 1. The summed E-state index contributed by atoms with van der Waals surface area (Å²) >= 11 is 1.83. The standard InChI is InChI=1S/C8H7IN2O3/c1-4(12)5-2-3-6(11(13)14)8(10)7(5)9/h2-3H,10H2,1H3. The maximum absolute atomic E-state index is 11.1. The van der Waals surface area contributed by atoms with Gasteiger partial charge in [0.15, 0.2) is 5.78 Å². The van der Waals surface area contributed by atoms with Crippen LogP contribution in [0.5, 0.6) is 0 Å². The van der Waals surface area contributed by atoms with Crippen LogP contribution in [-0.2, 0) is 0 Å². The van der Waals surface area contributed by atoms with Crippen LogP contribution in [0.4, 0.5) is 11.4 Å². The maximum atomic E-state index is 11.1. The average Bonchev–Trinajstić information content (AvgIpc) is 2.08. The highest BCUT2D eigenvalue weighted by atomic mass is 127. The lowest BCUT2D eigenvalue weighted by Gasteiger charge is -2.03. The molecule has 6 heteroatoms. The molecule has 0 amide bonds. The third kappa shape index (κ3) is 1.84. The molecule has 74 valence electrons. The Morgan fingerprint density at radius 2 is 2.14 bits per heavy atom. The van der Waals surface area contributed by atoms with Gasteiger partial charge in [0.2, 0.25) is 0 Å². The lowest BCUT2D eigenvalue weighted by Crippen LogP contribution is -2.03. The minimum Gasteiger partial charge on any atom is -0.392 e. The fraction of sp³-hybridized carbons (Fsp3) is 0.125. The average molecular weight is 306 g/mol. The molecule has 0 saturated heterocycles. The van der Waals surface area contributed by atoms with Crippen molar-refractivity contribution >= 4 is 39.7 Å². The van der Waals surface area contributed by atoms with Crippen LogP contribution in [0.2, 0.25) is 0 Å². The molecule has 1 rings (SSSR count). The molecule has 2 N–H and O–H groups in total. The van der Waals surface area contributed by atoms with E-state index < -0.39 is 4.92 Å². The van der Waals surface area contributed by atoms with Gasteiger partial charge in [0.25, 0.3) is 5.69 Å². The molecule has 0 bridgehead atoms. The Morgan fingerprint density at radius 1 is 1.57 bits per heavy atom. The Morgan fingerprint density at radius 3 is 2.57 bits per heavy atom. The van der Waals surface area contributed by atoms with Crippen LogP contribution >= 0.6 is 22.6 Å². The van der Waals surface area contributed by atoms with Crippen molar-refractivity contribution in [3.8, 4) is 0 Å². The highest BCUT2D eigenvalue weighted by molar-refractivity contribution is 14.1. The molecule has 14 heavy (non-hydrogen) atoms. The second-order valence-electron chi connectivity index (χ2n) is 2.67. The first-order chi connectivity index (χ1) is 6.45. The predicted molar refractivity (Wildman–Crippen MR) is 60.2 cm³/mol. The zero-order valence-electron chi connectivity index (χ0n) is 7.28. The van der Waals surface area contributed by atoms with Crippen molar-refractivity contribution < 1.29 is 9.72 Å². The van der Waals surface area contributed by atoms with E-state index in [-0.39, 0.29) is 17.2 Å². The van der Waals surface area contributed by atoms with Crippen molar-refractivity contribution in [2.75, 3.05) is 5.73 Å². The van der Waals surface area contributed by atoms with Crippen LogP contribution in [0.15, 0.2) is 12.1 Å². The number of nitrogens with zero attached hydrogens (tertiary/aromatic N) is 1. The van der Waals surface area contributed by atoms with Crippen molar-refractivity contribution in [1.29, 1.82) is 0 Å². The highest BCUT2D eigenvalue weighted by Crippen LogP contribution is 2.29. The van der Waals surface area contributed by atoms with Crippen molar-refractivity contribution in [1.82, 2.24) is 0 Å². The number of carbonyl (C=O) groups excluding carboxylic acids is 1. The number of carbonyl (C=O) groups is 1. The van der Waals surface area contributed by atoms with Gasteiger partial charge in [-0.25, -0.2) is 0 Å². The summed E-state index contributed by atoms with van der Waals surface area (Å²) < 4.78 is 0.435. The first-order valence-corrected chi connectivity index (χ1v) is 4.76. The minimum absolute atomic E-state index is 0.0447. The Labute approximate surface area is 93.6 Å². The normalized spacial score (nSPS) is 9.86. The number of hydrogen-bond donors (Lipinski definition) is 1. The monoisotopic (exact) mass is 306 g/mol. The summed E-state index contributed by atoms with van der Waals surface area (Å²) in [6, 6.07) is 2.66. The zero-order valence-corrected chi connectivity index (χ0v) is 9.44. The van der Waals surface area contributed by atoms with Crippen LogP contribution in [-0.4, -0.2) is 10.7 Å². The van der Waals surface area contributed by atoms with E-state index in [1.165, 1.54) is 19.1 Å². The number of ketones is 1. The Balaban J connectivity index is 3.41. The predicted octanol–water partition coefficient (Wildman–Crippen LogP) is 1.98. The highest BCUT2D eigenvalue weighted by Gasteiger charge is 2.18. The number of nitrogens with two attached hydrogens (primary N) is 1. The Bertz CT molecular complexity index is 378. The zero-order chi connectivity index (χ0) is 10.9. The van der Waals surface area contributed by atoms with Gasteiger partial charge in [-0.05, 0) is 35.6 Å². The smallest absolute Gasteiger partial charge is 0.293 e. The number of rotatable bonds is 2. The summed E-state index contributed by atoms with van der Waals surface area (Å²) in [7, 11) is 0. The summed E-state index contributed by atoms with van der Waals surface area (Å²) in [4.78, 5) is 21.0. The second-order valence-corrected chi connectivity index (χ2v) is 3.75. The lowest BCUT2D eigenvalue weighted by atomic mass is 10.1. The molecular formula is C8H7IN2O3. The molecule has 0 heterocycles.